The van der Waals surface area contributed by atoms with Gasteiger partial charge < -0.3 is 14.0 Å². The van der Waals surface area contributed by atoms with Gasteiger partial charge in [0.15, 0.2) is 0 Å². The molecule has 0 radical (unpaired) electrons. The fourth-order valence-corrected chi connectivity index (χ4v) is 7.71. The highest BCUT2D eigenvalue weighted by Gasteiger charge is 2.19. The van der Waals surface area contributed by atoms with E-state index in [0.717, 1.165) is 39.3 Å². The topological polar surface area (TPSA) is 13.1 Å². The van der Waals surface area contributed by atoms with Gasteiger partial charge in [-0.2, -0.15) is 0 Å². The second-order valence-corrected chi connectivity index (χ2v) is 12.7. The number of aromatic nitrogens is 2. The SMILES string of the molecule is Brc1cccc2c1c1c(n2-c2ccc3c4ccc(N(c5ccccc5)c5ccccc5)cc4n(-c4ccccc4)c3c2)=CCC=CC=1. The van der Waals surface area contributed by atoms with Crippen molar-refractivity contribution in [2.75, 3.05) is 4.90 Å². The number of anilines is 3. The van der Waals surface area contributed by atoms with Crippen molar-refractivity contribution < 1.29 is 0 Å². The summed E-state index contributed by atoms with van der Waals surface area (Å²) in [7, 11) is 0. The lowest BCUT2D eigenvalue weighted by atomic mass is 10.1. The number of benzene rings is 6. The summed E-state index contributed by atoms with van der Waals surface area (Å²) in [6, 6.07) is 52.2. The minimum atomic E-state index is 0.895. The lowest BCUT2D eigenvalue weighted by molar-refractivity contribution is 1.06. The average molecular weight is 669 g/mol. The Morgan fingerprint density at radius 2 is 1.19 bits per heavy atom. The summed E-state index contributed by atoms with van der Waals surface area (Å²) in [5.41, 5.74) is 9.17. The molecule has 9 rings (SSSR count). The van der Waals surface area contributed by atoms with Crippen molar-refractivity contribution in [1.82, 2.24) is 9.13 Å². The molecule has 1 aliphatic carbocycles. The quantitative estimate of drug-likeness (QED) is 0.178. The van der Waals surface area contributed by atoms with Gasteiger partial charge in [-0.25, -0.2) is 0 Å². The van der Waals surface area contributed by atoms with Crippen molar-refractivity contribution in [2.24, 2.45) is 0 Å². The third-order valence-corrected chi connectivity index (χ3v) is 9.82. The summed E-state index contributed by atoms with van der Waals surface area (Å²) in [6.07, 6.45) is 9.87. The van der Waals surface area contributed by atoms with E-state index in [4.69, 9.17) is 0 Å². The van der Waals surface area contributed by atoms with Gasteiger partial charge in [0.05, 0.1) is 21.9 Å². The number of fused-ring (bicyclic) bond motifs is 6. The van der Waals surface area contributed by atoms with Crippen LogP contribution in [0, 0.1) is 0 Å². The second-order valence-electron chi connectivity index (χ2n) is 11.9. The largest absolute Gasteiger partial charge is 0.310 e. The molecule has 2 heterocycles. The van der Waals surface area contributed by atoms with E-state index in [1.807, 2.05) is 0 Å². The monoisotopic (exact) mass is 667 g/mol. The molecule has 0 aliphatic heterocycles. The Morgan fingerprint density at radius 1 is 0.532 bits per heavy atom. The van der Waals surface area contributed by atoms with E-state index in [1.165, 1.54) is 43.3 Å². The maximum Gasteiger partial charge on any atom is 0.0561 e. The van der Waals surface area contributed by atoms with E-state index in [1.54, 1.807) is 0 Å². The predicted molar refractivity (Wildman–Crippen MR) is 202 cm³/mol. The number of allylic oxidation sites excluding steroid dienone is 2. The first-order chi connectivity index (χ1) is 23.3. The molecule has 0 amide bonds. The van der Waals surface area contributed by atoms with Gasteiger partial charge in [-0.1, -0.05) is 113 Å². The van der Waals surface area contributed by atoms with Gasteiger partial charge in [0, 0.05) is 54.3 Å². The van der Waals surface area contributed by atoms with E-state index in [9.17, 15) is 0 Å². The Kier molecular flexibility index (Phi) is 6.69. The van der Waals surface area contributed by atoms with Gasteiger partial charge in [0.1, 0.15) is 0 Å². The highest BCUT2D eigenvalue weighted by molar-refractivity contribution is 9.10. The minimum Gasteiger partial charge on any atom is -0.310 e. The smallest absolute Gasteiger partial charge is 0.0561 e. The standard InChI is InChI=1S/C43H30BrN3/c44-38-21-13-23-40-43(38)37-20-11-4-12-22-39(37)47(40)34-25-27-36-35-26-24-33(28-41(35)46(42(36)29-34)32-18-9-3-10-19-32)45(30-14-5-1-6-15-30)31-16-7-2-8-17-31/h1-11,13-29H,12H2. The minimum absolute atomic E-state index is 0.895. The number of rotatable bonds is 5. The highest BCUT2D eigenvalue weighted by Crippen LogP contribution is 2.40. The summed E-state index contributed by atoms with van der Waals surface area (Å²) >= 11 is 3.87. The fraction of sp³-hybridized carbons (Fsp3) is 0.0233. The van der Waals surface area contributed by atoms with Crippen molar-refractivity contribution in [3.8, 4) is 11.4 Å². The van der Waals surface area contributed by atoms with Crippen LogP contribution in [0.25, 0.3) is 56.2 Å². The molecule has 47 heavy (non-hydrogen) atoms. The van der Waals surface area contributed by atoms with Crippen LogP contribution in [0.2, 0.25) is 0 Å². The van der Waals surface area contributed by atoms with Crippen LogP contribution in [0.1, 0.15) is 6.42 Å². The molecule has 3 nitrogen and oxygen atoms in total. The molecule has 0 saturated carbocycles. The van der Waals surface area contributed by atoms with E-state index in [2.05, 4.69) is 200 Å². The number of para-hydroxylation sites is 3. The first kappa shape index (κ1) is 27.7. The summed E-state index contributed by atoms with van der Waals surface area (Å²) < 4.78 is 5.95. The average Bonchev–Trinajstić information content (AvgIpc) is 3.50. The molecule has 8 aromatic rings. The van der Waals surface area contributed by atoms with Crippen LogP contribution >= 0.6 is 15.9 Å². The molecule has 2 aromatic heterocycles. The third kappa shape index (κ3) is 4.56. The van der Waals surface area contributed by atoms with Crippen molar-refractivity contribution in [3.63, 3.8) is 0 Å². The molecule has 0 saturated heterocycles. The first-order valence-electron chi connectivity index (χ1n) is 16.0. The maximum atomic E-state index is 3.87. The number of nitrogens with zero attached hydrogens (tertiary/aromatic N) is 3. The lowest BCUT2D eigenvalue weighted by Gasteiger charge is -2.25. The zero-order chi connectivity index (χ0) is 31.3. The Labute approximate surface area is 281 Å². The van der Waals surface area contributed by atoms with E-state index >= 15 is 0 Å². The first-order valence-corrected chi connectivity index (χ1v) is 16.8. The zero-order valence-corrected chi connectivity index (χ0v) is 27.2. The zero-order valence-electron chi connectivity index (χ0n) is 25.6. The normalized spacial score (nSPS) is 12.5. The Hall–Kier alpha value is -5.58. The van der Waals surface area contributed by atoms with Crippen LogP contribution in [0.4, 0.5) is 17.1 Å². The van der Waals surface area contributed by atoms with Gasteiger partial charge in [-0.15, -0.1) is 0 Å². The Balaban J connectivity index is 1.33. The molecular formula is C43H30BrN3. The van der Waals surface area contributed by atoms with Crippen molar-refractivity contribution in [2.45, 2.75) is 6.42 Å². The van der Waals surface area contributed by atoms with Crippen molar-refractivity contribution in [3.05, 3.63) is 173 Å². The summed E-state index contributed by atoms with van der Waals surface area (Å²) in [6.45, 7) is 0. The molecule has 0 spiro atoms. The molecule has 224 valence electrons. The van der Waals surface area contributed by atoms with Crippen molar-refractivity contribution in [1.29, 1.82) is 0 Å². The van der Waals surface area contributed by atoms with Crippen LogP contribution in [-0.2, 0) is 0 Å². The lowest BCUT2D eigenvalue weighted by Crippen LogP contribution is -2.27. The molecule has 0 N–H and O–H groups in total. The molecule has 0 fully saturated rings. The number of hydrogen-bond donors (Lipinski definition) is 0. The molecule has 6 aromatic carbocycles. The highest BCUT2D eigenvalue weighted by atomic mass is 79.9. The molecule has 0 unspecified atom stereocenters. The van der Waals surface area contributed by atoms with Crippen LogP contribution in [0.15, 0.2) is 162 Å². The van der Waals surface area contributed by atoms with E-state index in [-0.39, 0.29) is 0 Å². The predicted octanol–water partition coefficient (Wildman–Crippen LogP) is 10.5. The van der Waals surface area contributed by atoms with Gasteiger partial charge in [-0.3, -0.25) is 0 Å². The van der Waals surface area contributed by atoms with Gasteiger partial charge in [-0.05, 0) is 79.2 Å². The molecular weight excluding hydrogens is 638 g/mol. The summed E-state index contributed by atoms with van der Waals surface area (Å²) in [5.74, 6) is 0. The molecule has 0 bridgehead atoms. The van der Waals surface area contributed by atoms with Crippen LogP contribution in [0.5, 0.6) is 0 Å². The summed E-state index contributed by atoms with van der Waals surface area (Å²) in [4.78, 5) is 2.33. The second kappa shape index (κ2) is 11.3. The van der Waals surface area contributed by atoms with E-state index in [0.29, 0.717) is 0 Å². The number of hydrogen-bond acceptors (Lipinski definition) is 1. The number of halogens is 1. The van der Waals surface area contributed by atoms with E-state index < -0.39 is 0 Å². The van der Waals surface area contributed by atoms with Crippen molar-refractivity contribution >= 4 is 77.9 Å². The molecule has 0 atom stereocenters. The molecule has 4 heteroatoms. The van der Waals surface area contributed by atoms with Gasteiger partial charge in [0.25, 0.3) is 0 Å². The molecule has 1 aliphatic rings. The fourth-order valence-electron chi connectivity index (χ4n) is 7.14. The van der Waals surface area contributed by atoms with Crippen LogP contribution in [-0.4, -0.2) is 9.13 Å². The Morgan fingerprint density at radius 3 is 1.91 bits per heavy atom. The third-order valence-electron chi connectivity index (χ3n) is 9.16. The van der Waals surface area contributed by atoms with Crippen LogP contribution < -0.4 is 15.5 Å². The Bertz CT molecular complexity index is 2560. The van der Waals surface area contributed by atoms with Gasteiger partial charge >= 0.3 is 0 Å². The van der Waals surface area contributed by atoms with Crippen LogP contribution in [0.3, 0.4) is 0 Å². The maximum absolute atomic E-state index is 3.87. The van der Waals surface area contributed by atoms with Gasteiger partial charge in [0.2, 0.25) is 0 Å². The summed E-state index contributed by atoms with van der Waals surface area (Å²) in [5, 5.41) is 6.16.